The molecule has 0 spiro atoms. The van der Waals surface area contributed by atoms with Crippen LogP contribution in [0.1, 0.15) is 18.9 Å². The first kappa shape index (κ1) is 15.6. The maximum absolute atomic E-state index is 11.6. The van der Waals surface area contributed by atoms with E-state index in [1.54, 1.807) is 13.0 Å². The molecule has 0 fully saturated rings. The quantitative estimate of drug-likeness (QED) is 0.493. The van der Waals surface area contributed by atoms with Gasteiger partial charge in [-0.3, -0.25) is 14.9 Å². The summed E-state index contributed by atoms with van der Waals surface area (Å²) in [5.41, 5.74) is 0.854. The summed E-state index contributed by atoms with van der Waals surface area (Å²) in [7, 11) is 0. The Balaban J connectivity index is 2.80. The van der Waals surface area contributed by atoms with Crippen molar-refractivity contribution in [3.63, 3.8) is 0 Å². The standard InChI is InChI=1S/C12H15BrN2O4/c1-3-4-19-7-12(16)14-10-6-11(15(17)18)8(2)5-9(10)13/h5-6H,3-4,7H2,1-2H3,(H,14,16). The van der Waals surface area contributed by atoms with Crippen LogP contribution in [0.15, 0.2) is 16.6 Å². The molecule has 6 nitrogen and oxygen atoms in total. The van der Waals surface area contributed by atoms with E-state index in [9.17, 15) is 14.9 Å². The number of ether oxygens (including phenoxy) is 1. The minimum atomic E-state index is -0.481. The van der Waals surface area contributed by atoms with Gasteiger partial charge in [0.25, 0.3) is 5.69 Å². The fourth-order valence-corrected chi connectivity index (χ4v) is 2.01. The number of nitro groups is 1. The first-order chi connectivity index (χ1) is 8.95. The van der Waals surface area contributed by atoms with Crippen LogP contribution in [0, 0.1) is 17.0 Å². The average molecular weight is 331 g/mol. The third-order valence-electron chi connectivity index (χ3n) is 2.34. The van der Waals surface area contributed by atoms with E-state index < -0.39 is 4.92 Å². The highest BCUT2D eigenvalue weighted by atomic mass is 79.9. The Kier molecular flexibility index (Phi) is 5.91. The molecule has 0 aliphatic heterocycles. The molecular weight excluding hydrogens is 316 g/mol. The zero-order chi connectivity index (χ0) is 14.4. The zero-order valence-electron chi connectivity index (χ0n) is 10.7. The highest BCUT2D eigenvalue weighted by Gasteiger charge is 2.15. The second-order valence-corrected chi connectivity index (χ2v) is 4.83. The van der Waals surface area contributed by atoms with Gasteiger partial charge in [0, 0.05) is 22.7 Å². The topological polar surface area (TPSA) is 81.5 Å². The van der Waals surface area contributed by atoms with Crippen molar-refractivity contribution < 1.29 is 14.5 Å². The molecule has 0 bridgehead atoms. The van der Waals surface area contributed by atoms with E-state index in [0.717, 1.165) is 6.42 Å². The number of hydrogen-bond donors (Lipinski definition) is 1. The number of nitro benzene ring substituents is 1. The van der Waals surface area contributed by atoms with E-state index >= 15 is 0 Å². The van der Waals surface area contributed by atoms with Gasteiger partial charge in [0.1, 0.15) is 6.61 Å². The van der Waals surface area contributed by atoms with E-state index in [4.69, 9.17) is 4.74 Å². The van der Waals surface area contributed by atoms with E-state index in [0.29, 0.717) is 22.3 Å². The summed E-state index contributed by atoms with van der Waals surface area (Å²) in [4.78, 5) is 21.9. The number of anilines is 1. The summed E-state index contributed by atoms with van der Waals surface area (Å²) < 4.78 is 5.69. The zero-order valence-corrected chi connectivity index (χ0v) is 12.3. The Morgan fingerprint density at radius 2 is 2.21 bits per heavy atom. The van der Waals surface area contributed by atoms with Gasteiger partial charge in [0.05, 0.1) is 10.6 Å². The number of rotatable bonds is 6. The molecule has 1 N–H and O–H groups in total. The van der Waals surface area contributed by atoms with Gasteiger partial charge in [-0.25, -0.2) is 0 Å². The maximum atomic E-state index is 11.6. The van der Waals surface area contributed by atoms with Crippen LogP contribution in [0.25, 0.3) is 0 Å². The number of hydrogen-bond acceptors (Lipinski definition) is 4. The largest absolute Gasteiger partial charge is 0.372 e. The van der Waals surface area contributed by atoms with Crippen LogP contribution in [0.5, 0.6) is 0 Å². The lowest BCUT2D eigenvalue weighted by Crippen LogP contribution is -2.19. The van der Waals surface area contributed by atoms with Crippen LogP contribution in [-0.4, -0.2) is 24.0 Å². The predicted molar refractivity (Wildman–Crippen MR) is 75.3 cm³/mol. The fourth-order valence-electron chi connectivity index (χ4n) is 1.45. The molecular formula is C12H15BrN2O4. The molecule has 1 amide bonds. The summed E-state index contributed by atoms with van der Waals surface area (Å²) in [5.74, 6) is -0.340. The molecule has 0 heterocycles. The van der Waals surface area contributed by atoms with E-state index in [1.165, 1.54) is 6.07 Å². The van der Waals surface area contributed by atoms with Crippen molar-refractivity contribution in [3.05, 3.63) is 32.3 Å². The monoisotopic (exact) mass is 330 g/mol. The van der Waals surface area contributed by atoms with Crippen molar-refractivity contribution in [2.45, 2.75) is 20.3 Å². The second-order valence-electron chi connectivity index (χ2n) is 3.98. The lowest BCUT2D eigenvalue weighted by Gasteiger charge is -2.09. The molecule has 0 unspecified atom stereocenters. The minimum Gasteiger partial charge on any atom is -0.372 e. The number of nitrogens with one attached hydrogen (secondary N) is 1. The SMILES string of the molecule is CCCOCC(=O)Nc1cc([N+](=O)[O-])c(C)cc1Br. The van der Waals surface area contributed by atoms with Gasteiger partial charge in [-0.05, 0) is 35.3 Å². The summed E-state index contributed by atoms with van der Waals surface area (Å²) in [6.45, 7) is 4.02. The summed E-state index contributed by atoms with van der Waals surface area (Å²) in [6, 6.07) is 2.93. The van der Waals surface area contributed by atoms with Crippen LogP contribution >= 0.6 is 15.9 Å². The molecule has 0 aromatic heterocycles. The summed E-state index contributed by atoms with van der Waals surface area (Å²) in [5, 5.41) is 13.4. The molecule has 1 rings (SSSR count). The number of carbonyl (C=O) groups is 1. The van der Waals surface area contributed by atoms with Crippen LogP contribution in [0.3, 0.4) is 0 Å². The van der Waals surface area contributed by atoms with E-state index in [-0.39, 0.29) is 18.2 Å². The molecule has 1 aromatic carbocycles. The third-order valence-corrected chi connectivity index (χ3v) is 2.99. The number of carbonyl (C=O) groups excluding carboxylic acids is 1. The minimum absolute atomic E-state index is 0.0343. The van der Waals surface area contributed by atoms with Crippen LogP contribution < -0.4 is 5.32 Å². The van der Waals surface area contributed by atoms with E-state index in [2.05, 4.69) is 21.2 Å². The van der Waals surface area contributed by atoms with Crippen LogP contribution in [0.2, 0.25) is 0 Å². The van der Waals surface area contributed by atoms with Crippen molar-refractivity contribution in [2.75, 3.05) is 18.5 Å². The Morgan fingerprint density at radius 1 is 1.53 bits per heavy atom. The number of benzene rings is 1. The Bertz CT molecular complexity index is 491. The van der Waals surface area contributed by atoms with Gasteiger partial charge in [-0.2, -0.15) is 0 Å². The number of amides is 1. The molecule has 0 saturated heterocycles. The third kappa shape index (κ3) is 4.60. The van der Waals surface area contributed by atoms with Crippen molar-refractivity contribution in [3.8, 4) is 0 Å². The molecule has 0 aliphatic carbocycles. The number of halogens is 1. The first-order valence-electron chi connectivity index (χ1n) is 5.77. The number of aryl methyl sites for hydroxylation is 1. The smallest absolute Gasteiger partial charge is 0.274 e. The Morgan fingerprint density at radius 3 is 2.79 bits per heavy atom. The molecule has 104 valence electrons. The normalized spacial score (nSPS) is 10.3. The molecule has 0 radical (unpaired) electrons. The Hall–Kier alpha value is -1.47. The van der Waals surface area contributed by atoms with Crippen LogP contribution in [-0.2, 0) is 9.53 Å². The summed E-state index contributed by atoms with van der Waals surface area (Å²) >= 11 is 3.26. The maximum Gasteiger partial charge on any atom is 0.274 e. The van der Waals surface area contributed by atoms with E-state index in [1.807, 2.05) is 6.92 Å². The fraction of sp³-hybridized carbons (Fsp3) is 0.417. The van der Waals surface area contributed by atoms with Gasteiger partial charge >= 0.3 is 0 Å². The van der Waals surface area contributed by atoms with Crippen molar-refractivity contribution >= 4 is 33.2 Å². The van der Waals surface area contributed by atoms with Crippen molar-refractivity contribution in [1.82, 2.24) is 0 Å². The van der Waals surface area contributed by atoms with Gasteiger partial charge in [0.2, 0.25) is 5.91 Å². The lowest BCUT2D eigenvalue weighted by atomic mass is 10.2. The molecule has 7 heteroatoms. The molecule has 19 heavy (non-hydrogen) atoms. The summed E-state index contributed by atoms with van der Waals surface area (Å²) in [6.07, 6.45) is 0.826. The molecule has 0 saturated carbocycles. The van der Waals surface area contributed by atoms with Gasteiger partial charge in [-0.1, -0.05) is 6.92 Å². The first-order valence-corrected chi connectivity index (χ1v) is 6.57. The molecule has 0 aliphatic rings. The highest BCUT2D eigenvalue weighted by Crippen LogP contribution is 2.30. The van der Waals surface area contributed by atoms with Gasteiger partial charge < -0.3 is 10.1 Å². The second kappa shape index (κ2) is 7.20. The van der Waals surface area contributed by atoms with Crippen molar-refractivity contribution in [2.24, 2.45) is 0 Å². The molecule has 1 aromatic rings. The van der Waals surface area contributed by atoms with Gasteiger partial charge in [0.15, 0.2) is 0 Å². The highest BCUT2D eigenvalue weighted by molar-refractivity contribution is 9.10. The Labute approximate surface area is 119 Å². The van der Waals surface area contributed by atoms with Crippen molar-refractivity contribution in [1.29, 1.82) is 0 Å². The average Bonchev–Trinajstić information content (AvgIpc) is 2.32. The molecule has 0 atom stereocenters. The lowest BCUT2D eigenvalue weighted by molar-refractivity contribution is -0.385. The number of nitrogens with zero attached hydrogens (tertiary/aromatic N) is 1. The predicted octanol–water partition coefficient (Wildman–Crippen LogP) is 3.03. The van der Waals surface area contributed by atoms with Crippen LogP contribution in [0.4, 0.5) is 11.4 Å². The van der Waals surface area contributed by atoms with Gasteiger partial charge in [-0.15, -0.1) is 0 Å².